The summed E-state index contributed by atoms with van der Waals surface area (Å²) in [6.45, 7) is 4.97. The highest BCUT2D eigenvalue weighted by Crippen LogP contribution is 2.52. The number of ketones is 2. The number of aliphatic hydroxyl groups excluding tert-OH is 1. The van der Waals surface area contributed by atoms with Crippen molar-refractivity contribution in [2.45, 2.75) is 44.8 Å². The topological polar surface area (TPSA) is 132 Å². The van der Waals surface area contributed by atoms with Gasteiger partial charge in [0.1, 0.15) is 22.7 Å². The number of carbonyl (C=O) groups excluding carboxylic acids is 2. The molecule has 158 valence electrons. The Morgan fingerprint density at radius 2 is 2.07 bits per heavy atom. The number of ether oxygens (including phenoxy) is 2. The van der Waals surface area contributed by atoms with E-state index in [2.05, 4.69) is 10.2 Å². The Morgan fingerprint density at radius 3 is 2.67 bits per heavy atom. The van der Waals surface area contributed by atoms with Crippen molar-refractivity contribution in [3.63, 3.8) is 0 Å². The van der Waals surface area contributed by atoms with Crippen LogP contribution in [0.15, 0.2) is 22.3 Å². The highest BCUT2D eigenvalue weighted by molar-refractivity contribution is 6.36. The van der Waals surface area contributed by atoms with Crippen molar-refractivity contribution in [3.05, 3.63) is 34.4 Å². The molecule has 0 saturated carbocycles. The zero-order valence-electron chi connectivity index (χ0n) is 16.5. The minimum Gasteiger partial charge on any atom is -0.507 e. The molecule has 10 heteroatoms. The quantitative estimate of drug-likeness (QED) is 0.744. The first kappa shape index (κ1) is 20.4. The lowest BCUT2D eigenvalue weighted by atomic mass is 9.83. The Kier molecular flexibility index (Phi) is 4.63. The average molecular weight is 435 g/mol. The molecule has 1 atom stereocenters. The fourth-order valence-electron chi connectivity index (χ4n) is 3.45. The van der Waals surface area contributed by atoms with Gasteiger partial charge in [0.05, 0.1) is 17.2 Å². The molecule has 1 aromatic carbocycles. The molecule has 1 aliphatic carbocycles. The first-order valence-corrected chi connectivity index (χ1v) is 9.70. The third-order valence-corrected chi connectivity index (χ3v) is 5.34. The van der Waals surface area contributed by atoms with Crippen LogP contribution in [-0.2, 0) is 10.4 Å². The van der Waals surface area contributed by atoms with Crippen LogP contribution in [0.2, 0.25) is 5.02 Å². The van der Waals surface area contributed by atoms with Gasteiger partial charge in [-0.3, -0.25) is 9.59 Å². The second kappa shape index (κ2) is 6.82. The number of benzene rings is 1. The lowest BCUT2D eigenvalue weighted by Gasteiger charge is -2.28. The summed E-state index contributed by atoms with van der Waals surface area (Å²) in [6.07, 6.45) is 1.01. The summed E-state index contributed by atoms with van der Waals surface area (Å²) in [5.74, 6) is -1.17. The molecule has 0 unspecified atom stereocenters. The number of fused-ring (bicyclic) bond motifs is 1. The molecule has 2 heterocycles. The molecule has 0 amide bonds. The molecule has 2 N–H and O–H groups in total. The van der Waals surface area contributed by atoms with E-state index >= 15 is 0 Å². The van der Waals surface area contributed by atoms with E-state index in [0.29, 0.717) is 0 Å². The normalized spacial score (nSPS) is 20.9. The Bertz CT molecular complexity index is 1100. The van der Waals surface area contributed by atoms with E-state index in [1.165, 1.54) is 19.9 Å². The van der Waals surface area contributed by atoms with Crippen molar-refractivity contribution in [2.75, 3.05) is 6.61 Å². The van der Waals surface area contributed by atoms with Crippen molar-refractivity contribution < 1.29 is 33.7 Å². The van der Waals surface area contributed by atoms with Gasteiger partial charge in [0.2, 0.25) is 23.2 Å². The summed E-state index contributed by atoms with van der Waals surface area (Å²) in [6, 6.07) is 1.47. The van der Waals surface area contributed by atoms with E-state index in [1.54, 1.807) is 6.92 Å². The van der Waals surface area contributed by atoms with Crippen molar-refractivity contribution in [1.82, 2.24) is 10.2 Å². The second-order valence-electron chi connectivity index (χ2n) is 7.60. The highest BCUT2D eigenvalue weighted by Gasteiger charge is 2.55. The highest BCUT2D eigenvalue weighted by atomic mass is 35.5. The molecule has 2 aromatic rings. The van der Waals surface area contributed by atoms with E-state index in [4.69, 9.17) is 25.5 Å². The number of Topliss-reactive ketones (excluding diaryl/α,β-unsaturated/α-hetero) is 1. The molecule has 0 bridgehead atoms. The summed E-state index contributed by atoms with van der Waals surface area (Å²) in [5.41, 5.74) is -2.78. The molecule has 30 heavy (non-hydrogen) atoms. The Hall–Kier alpha value is -2.91. The molecular weight excluding hydrogens is 416 g/mol. The molecule has 2 aliphatic rings. The number of rotatable bonds is 4. The third kappa shape index (κ3) is 2.96. The van der Waals surface area contributed by atoms with Gasteiger partial charge in [-0.15, -0.1) is 10.2 Å². The maximum absolute atomic E-state index is 13.3. The summed E-state index contributed by atoms with van der Waals surface area (Å²) in [4.78, 5) is 24.9. The second-order valence-corrected chi connectivity index (χ2v) is 7.98. The number of hydrogen-bond acceptors (Lipinski definition) is 9. The van der Waals surface area contributed by atoms with Gasteiger partial charge >= 0.3 is 0 Å². The van der Waals surface area contributed by atoms with Crippen LogP contribution < -0.4 is 9.47 Å². The maximum atomic E-state index is 13.3. The third-order valence-electron chi connectivity index (χ3n) is 4.97. The van der Waals surface area contributed by atoms with E-state index < -0.39 is 22.7 Å². The molecule has 1 aromatic heterocycles. The number of halogens is 1. The monoisotopic (exact) mass is 434 g/mol. The van der Waals surface area contributed by atoms with Gasteiger partial charge in [-0.25, -0.2) is 0 Å². The maximum Gasteiger partial charge on any atom is 0.249 e. The summed E-state index contributed by atoms with van der Waals surface area (Å²) >= 11 is 6.54. The molecule has 0 radical (unpaired) electrons. The lowest BCUT2D eigenvalue weighted by molar-refractivity contribution is -0.116. The fraction of sp³-hybridized carbons (Fsp3) is 0.400. The minimum atomic E-state index is -1.72. The molecule has 1 aliphatic heterocycles. The van der Waals surface area contributed by atoms with Gasteiger partial charge in [-0.2, -0.15) is 0 Å². The van der Waals surface area contributed by atoms with Crippen LogP contribution in [0.3, 0.4) is 0 Å². The standard InChI is InChI=1S/C20H19ClN2O7/c1-4-28-11-8-10(17-22-23-18(29-17)19(2,3)27)14(21)15-13(11)16(26)20(30-15)6-5-9(24)7-12(20)25/h7-8,25,27H,4-6H2,1-3H3/t20-/m0/s1. The van der Waals surface area contributed by atoms with E-state index in [0.717, 1.165) is 6.08 Å². The Balaban J connectivity index is 1.88. The lowest BCUT2D eigenvalue weighted by Crippen LogP contribution is -2.45. The van der Waals surface area contributed by atoms with Crippen molar-refractivity contribution in [3.8, 4) is 23.0 Å². The fourth-order valence-corrected chi connectivity index (χ4v) is 3.72. The van der Waals surface area contributed by atoms with E-state index in [-0.39, 0.29) is 64.7 Å². The SMILES string of the molecule is CCOc1cc(-c2nnc(C(C)(C)O)o2)c(Cl)c2c1C(=O)[C@@]1(CCC(=O)C=C1O)O2. The van der Waals surface area contributed by atoms with Gasteiger partial charge < -0.3 is 24.1 Å². The number of hydrogen-bond donors (Lipinski definition) is 2. The Morgan fingerprint density at radius 1 is 1.33 bits per heavy atom. The van der Waals surface area contributed by atoms with Crippen molar-refractivity contribution >= 4 is 23.2 Å². The molecule has 4 rings (SSSR count). The molecule has 0 saturated heterocycles. The van der Waals surface area contributed by atoms with Crippen LogP contribution in [0, 0.1) is 0 Å². The van der Waals surface area contributed by atoms with Crippen LogP contribution in [0.1, 0.15) is 49.9 Å². The Labute approximate surface area is 176 Å². The summed E-state index contributed by atoms with van der Waals surface area (Å²) < 4.78 is 17.1. The first-order valence-electron chi connectivity index (χ1n) is 9.32. The van der Waals surface area contributed by atoms with Crippen LogP contribution in [0.4, 0.5) is 0 Å². The van der Waals surface area contributed by atoms with Gasteiger partial charge in [-0.05, 0) is 26.8 Å². The number of allylic oxidation sites excluding steroid dienone is 1. The smallest absolute Gasteiger partial charge is 0.249 e. The predicted molar refractivity (Wildman–Crippen MR) is 104 cm³/mol. The molecule has 9 nitrogen and oxygen atoms in total. The summed E-state index contributed by atoms with van der Waals surface area (Å²) in [5, 5.41) is 28.3. The van der Waals surface area contributed by atoms with Gasteiger partial charge in [0, 0.05) is 18.9 Å². The van der Waals surface area contributed by atoms with Crippen LogP contribution in [0.5, 0.6) is 11.5 Å². The van der Waals surface area contributed by atoms with Crippen molar-refractivity contribution in [1.29, 1.82) is 0 Å². The molecule has 1 spiro atoms. The largest absolute Gasteiger partial charge is 0.507 e. The number of aromatic nitrogens is 2. The van der Waals surface area contributed by atoms with Crippen molar-refractivity contribution in [2.24, 2.45) is 0 Å². The van der Waals surface area contributed by atoms with Crippen LogP contribution in [0.25, 0.3) is 11.5 Å². The van der Waals surface area contributed by atoms with E-state index in [9.17, 15) is 19.8 Å². The molecular formula is C20H19ClN2O7. The minimum absolute atomic E-state index is 0.0000701. The average Bonchev–Trinajstić information content (AvgIpc) is 3.26. The molecule has 0 fully saturated rings. The number of carbonyl (C=O) groups is 2. The van der Waals surface area contributed by atoms with Gasteiger partial charge in [-0.1, -0.05) is 11.6 Å². The van der Waals surface area contributed by atoms with Gasteiger partial charge in [0.25, 0.3) is 0 Å². The zero-order valence-corrected chi connectivity index (χ0v) is 17.2. The van der Waals surface area contributed by atoms with E-state index in [1.807, 2.05) is 0 Å². The number of aliphatic hydroxyl groups is 2. The zero-order chi connectivity index (χ0) is 21.8. The first-order chi connectivity index (χ1) is 14.1. The van der Waals surface area contributed by atoms with Crippen LogP contribution >= 0.6 is 11.6 Å². The summed E-state index contributed by atoms with van der Waals surface area (Å²) in [7, 11) is 0. The van der Waals surface area contributed by atoms with Gasteiger partial charge in [0.15, 0.2) is 11.5 Å². The van der Waals surface area contributed by atoms with Crippen LogP contribution in [-0.4, -0.2) is 44.2 Å². The predicted octanol–water partition coefficient (Wildman–Crippen LogP) is 3.13. The number of nitrogens with zero attached hydrogens (tertiary/aromatic N) is 2.